The Labute approximate surface area is 169 Å². The number of amides is 1. The molecule has 1 N–H and O–H groups in total. The first-order valence-corrected chi connectivity index (χ1v) is 9.50. The molecule has 0 spiro atoms. The van der Waals surface area contributed by atoms with E-state index in [0.29, 0.717) is 43.3 Å². The first kappa shape index (κ1) is 20.3. The Bertz CT molecular complexity index is 927. The van der Waals surface area contributed by atoms with Crippen LogP contribution < -0.4 is 14.8 Å². The third-order valence-corrected chi connectivity index (χ3v) is 4.43. The summed E-state index contributed by atoms with van der Waals surface area (Å²) in [5.74, 6) is 1.97. The normalized spacial score (nSPS) is 10.6. The van der Waals surface area contributed by atoms with Gasteiger partial charge in [-0.3, -0.25) is 4.79 Å². The molecule has 0 radical (unpaired) electrons. The minimum absolute atomic E-state index is 0.00822. The van der Waals surface area contributed by atoms with Gasteiger partial charge in [0.2, 0.25) is 11.7 Å². The molecule has 3 aromatic rings. The zero-order chi connectivity index (χ0) is 20.5. The average molecular weight is 395 g/mol. The standard InChI is InChI=1S/C21H25N5O3/c1-28-18-11-10-16(15-19(18)29-2)12-13-22-20(27)9-6-14-26-24-21(23-25-26)17-7-4-3-5-8-17/h3-5,7-8,10-11,15H,6,9,12-14H2,1-2H3,(H,22,27). The van der Waals surface area contributed by atoms with E-state index in [1.807, 2.05) is 48.5 Å². The van der Waals surface area contributed by atoms with E-state index in [1.54, 1.807) is 14.2 Å². The molecule has 0 aliphatic heterocycles. The highest BCUT2D eigenvalue weighted by atomic mass is 16.5. The summed E-state index contributed by atoms with van der Waals surface area (Å²) in [4.78, 5) is 13.6. The summed E-state index contributed by atoms with van der Waals surface area (Å²) < 4.78 is 10.5. The molecule has 1 aromatic heterocycles. The van der Waals surface area contributed by atoms with Crippen molar-refractivity contribution in [3.05, 3.63) is 54.1 Å². The number of methoxy groups -OCH3 is 2. The number of carbonyl (C=O) groups is 1. The maximum atomic E-state index is 12.1. The molecule has 0 aliphatic rings. The van der Waals surface area contributed by atoms with E-state index in [-0.39, 0.29) is 5.91 Å². The zero-order valence-corrected chi connectivity index (χ0v) is 16.7. The molecule has 0 fully saturated rings. The molecule has 0 bridgehead atoms. The van der Waals surface area contributed by atoms with E-state index >= 15 is 0 Å². The van der Waals surface area contributed by atoms with Crippen LogP contribution in [0.2, 0.25) is 0 Å². The van der Waals surface area contributed by atoms with Gasteiger partial charge >= 0.3 is 0 Å². The summed E-state index contributed by atoms with van der Waals surface area (Å²) in [7, 11) is 3.21. The van der Waals surface area contributed by atoms with Crippen LogP contribution in [0, 0.1) is 0 Å². The van der Waals surface area contributed by atoms with E-state index in [4.69, 9.17) is 9.47 Å². The van der Waals surface area contributed by atoms with Crippen LogP contribution in [0.15, 0.2) is 48.5 Å². The first-order chi connectivity index (χ1) is 14.2. The van der Waals surface area contributed by atoms with Gasteiger partial charge in [-0.05, 0) is 35.8 Å². The van der Waals surface area contributed by atoms with Crippen molar-refractivity contribution in [2.75, 3.05) is 20.8 Å². The minimum Gasteiger partial charge on any atom is -0.493 e. The SMILES string of the molecule is COc1ccc(CCNC(=O)CCCn2nnc(-c3ccccc3)n2)cc1OC. The number of hydrogen-bond acceptors (Lipinski definition) is 6. The quantitative estimate of drug-likeness (QED) is 0.567. The molecule has 0 saturated carbocycles. The maximum absolute atomic E-state index is 12.1. The lowest BCUT2D eigenvalue weighted by Crippen LogP contribution is -2.25. The Balaban J connectivity index is 1.38. The monoisotopic (exact) mass is 395 g/mol. The number of rotatable bonds is 10. The van der Waals surface area contributed by atoms with Gasteiger partial charge in [-0.15, -0.1) is 10.2 Å². The lowest BCUT2D eigenvalue weighted by molar-refractivity contribution is -0.121. The van der Waals surface area contributed by atoms with Crippen molar-refractivity contribution in [3.63, 3.8) is 0 Å². The largest absolute Gasteiger partial charge is 0.493 e. The van der Waals surface area contributed by atoms with Crippen molar-refractivity contribution in [2.24, 2.45) is 0 Å². The van der Waals surface area contributed by atoms with Crippen molar-refractivity contribution < 1.29 is 14.3 Å². The highest BCUT2D eigenvalue weighted by Gasteiger charge is 2.08. The first-order valence-electron chi connectivity index (χ1n) is 9.50. The van der Waals surface area contributed by atoms with Crippen LogP contribution in [0.3, 0.4) is 0 Å². The molecule has 152 valence electrons. The van der Waals surface area contributed by atoms with Crippen molar-refractivity contribution >= 4 is 5.91 Å². The number of nitrogens with one attached hydrogen (secondary N) is 1. The molecule has 1 heterocycles. The third kappa shape index (κ3) is 5.78. The Morgan fingerprint density at radius 1 is 1.07 bits per heavy atom. The molecule has 0 saturated heterocycles. The summed E-state index contributed by atoms with van der Waals surface area (Å²) in [6.07, 6.45) is 1.78. The van der Waals surface area contributed by atoms with Crippen molar-refractivity contribution in [3.8, 4) is 22.9 Å². The second-order valence-corrected chi connectivity index (χ2v) is 6.47. The molecule has 2 aromatic carbocycles. The van der Waals surface area contributed by atoms with E-state index in [0.717, 1.165) is 17.5 Å². The number of tetrazole rings is 1. The Morgan fingerprint density at radius 2 is 1.86 bits per heavy atom. The van der Waals surface area contributed by atoms with E-state index in [1.165, 1.54) is 4.80 Å². The van der Waals surface area contributed by atoms with Gasteiger partial charge in [0.25, 0.3) is 0 Å². The zero-order valence-electron chi connectivity index (χ0n) is 16.7. The number of aryl methyl sites for hydroxylation is 1. The van der Waals surface area contributed by atoms with Gasteiger partial charge in [-0.25, -0.2) is 0 Å². The molecule has 1 amide bonds. The van der Waals surface area contributed by atoms with Gasteiger partial charge in [0.05, 0.1) is 20.8 Å². The fourth-order valence-electron chi connectivity index (χ4n) is 2.89. The molecule has 3 rings (SSSR count). The fraction of sp³-hybridized carbons (Fsp3) is 0.333. The lowest BCUT2D eigenvalue weighted by Gasteiger charge is -2.10. The number of benzene rings is 2. The molecular weight excluding hydrogens is 370 g/mol. The summed E-state index contributed by atoms with van der Waals surface area (Å²) in [5.41, 5.74) is 2.00. The molecule has 0 aliphatic carbocycles. The van der Waals surface area contributed by atoms with Crippen molar-refractivity contribution in [1.82, 2.24) is 25.5 Å². The van der Waals surface area contributed by atoms with Gasteiger partial charge in [-0.1, -0.05) is 36.4 Å². The number of hydrogen-bond donors (Lipinski definition) is 1. The van der Waals surface area contributed by atoms with Gasteiger partial charge in [0, 0.05) is 18.5 Å². The van der Waals surface area contributed by atoms with Crippen LogP contribution in [0.25, 0.3) is 11.4 Å². The lowest BCUT2D eigenvalue weighted by atomic mass is 10.1. The van der Waals surface area contributed by atoms with Crippen LogP contribution in [0.4, 0.5) is 0 Å². The second-order valence-electron chi connectivity index (χ2n) is 6.47. The fourth-order valence-corrected chi connectivity index (χ4v) is 2.89. The second kappa shape index (κ2) is 10.2. The van der Waals surface area contributed by atoms with Gasteiger partial charge in [0.1, 0.15) is 0 Å². The third-order valence-electron chi connectivity index (χ3n) is 4.43. The minimum atomic E-state index is 0.00822. The van der Waals surface area contributed by atoms with Gasteiger partial charge < -0.3 is 14.8 Å². The van der Waals surface area contributed by atoms with Crippen LogP contribution in [0.1, 0.15) is 18.4 Å². The van der Waals surface area contributed by atoms with Crippen LogP contribution in [-0.4, -0.2) is 46.9 Å². The van der Waals surface area contributed by atoms with Crippen LogP contribution in [0.5, 0.6) is 11.5 Å². The molecule has 29 heavy (non-hydrogen) atoms. The highest BCUT2D eigenvalue weighted by molar-refractivity contribution is 5.75. The van der Waals surface area contributed by atoms with E-state index in [2.05, 4.69) is 20.7 Å². The Kier molecular flexibility index (Phi) is 7.16. The number of aromatic nitrogens is 4. The van der Waals surface area contributed by atoms with E-state index in [9.17, 15) is 4.79 Å². The van der Waals surface area contributed by atoms with Crippen molar-refractivity contribution in [2.45, 2.75) is 25.8 Å². The molecule has 0 unspecified atom stereocenters. The average Bonchev–Trinajstić information content (AvgIpc) is 3.23. The predicted molar refractivity (Wildman–Crippen MR) is 109 cm³/mol. The molecule has 8 heteroatoms. The summed E-state index contributed by atoms with van der Waals surface area (Å²) in [6, 6.07) is 15.4. The van der Waals surface area contributed by atoms with Gasteiger partial charge in [-0.2, -0.15) is 4.80 Å². The number of carbonyl (C=O) groups excluding carboxylic acids is 1. The highest BCUT2D eigenvalue weighted by Crippen LogP contribution is 2.27. The Hall–Kier alpha value is -3.42. The number of ether oxygens (including phenoxy) is 2. The molecular formula is C21H25N5O3. The van der Waals surface area contributed by atoms with E-state index < -0.39 is 0 Å². The molecule has 8 nitrogen and oxygen atoms in total. The smallest absolute Gasteiger partial charge is 0.220 e. The maximum Gasteiger partial charge on any atom is 0.220 e. The number of nitrogens with zero attached hydrogens (tertiary/aromatic N) is 4. The van der Waals surface area contributed by atoms with Crippen LogP contribution >= 0.6 is 0 Å². The summed E-state index contributed by atoms with van der Waals surface area (Å²) >= 11 is 0. The summed E-state index contributed by atoms with van der Waals surface area (Å²) in [6.45, 7) is 1.11. The topological polar surface area (TPSA) is 91.2 Å². The predicted octanol–water partition coefficient (Wildman–Crippen LogP) is 2.50. The van der Waals surface area contributed by atoms with Crippen molar-refractivity contribution in [1.29, 1.82) is 0 Å². The van der Waals surface area contributed by atoms with Gasteiger partial charge in [0.15, 0.2) is 11.5 Å². The molecule has 0 atom stereocenters. The Morgan fingerprint density at radius 3 is 2.62 bits per heavy atom. The summed E-state index contributed by atoms with van der Waals surface area (Å²) in [5, 5.41) is 15.4. The van der Waals surface area contributed by atoms with Crippen LogP contribution in [-0.2, 0) is 17.8 Å².